The first-order valence-electron chi connectivity index (χ1n) is 10.1. The Balaban J connectivity index is 1.88. The van der Waals surface area contributed by atoms with Crippen molar-refractivity contribution in [2.24, 2.45) is 4.99 Å². The smallest absolute Gasteiger partial charge is 0.331 e. The lowest BCUT2D eigenvalue weighted by atomic mass is 10.0. The standard InChI is InChI=1S/C26H24ClNO3/c1-19(29)12-17-24(26(30)31-18-20-13-15-23(27)16-14-20)28-25(21-8-4-2-5-9-21)22-10-6-3-7-11-22/h2-11,13-16,24H,12,17-18H2,1H3/t24-/m0/s1. The Morgan fingerprint density at radius 1 is 0.871 bits per heavy atom. The number of esters is 1. The van der Waals surface area contributed by atoms with Crippen molar-refractivity contribution in [2.45, 2.75) is 32.4 Å². The highest BCUT2D eigenvalue weighted by Crippen LogP contribution is 2.16. The van der Waals surface area contributed by atoms with Gasteiger partial charge in [-0.05, 0) is 31.0 Å². The molecule has 4 nitrogen and oxygen atoms in total. The lowest BCUT2D eigenvalue weighted by molar-refractivity contribution is -0.146. The maximum absolute atomic E-state index is 12.9. The Morgan fingerprint density at radius 2 is 1.42 bits per heavy atom. The molecule has 0 aromatic heterocycles. The molecular weight excluding hydrogens is 410 g/mol. The fourth-order valence-corrected chi connectivity index (χ4v) is 3.20. The van der Waals surface area contributed by atoms with E-state index in [4.69, 9.17) is 21.3 Å². The van der Waals surface area contributed by atoms with Crippen LogP contribution in [0.3, 0.4) is 0 Å². The number of hydrogen-bond acceptors (Lipinski definition) is 4. The lowest BCUT2D eigenvalue weighted by Crippen LogP contribution is -2.24. The number of benzene rings is 3. The van der Waals surface area contributed by atoms with Crippen LogP contribution in [0.1, 0.15) is 36.5 Å². The predicted octanol–water partition coefficient (Wildman–Crippen LogP) is 5.66. The van der Waals surface area contributed by atoms with Gasteiger partial charge in [-0.2, -0.15) is 0 Å². The van der Waals surface area contributed by atoms with Crippen molar-refractivity contribution in [3.8, 4) is 0 Å². The van der Waals surface area contributed by atoms with Gasteiger partial charge in [-0.25, -0.2) is 4.79 Å². The largest absolute Gasteiger partial charge is 0.459 e. The average Bonchev–Trinajstić information content (AvgIpc) is 2.79. The van der Waals surface area contributed by atoms with Gasteiger partial charge in [0.1, 0.15) is 18.4 Å². The fraction of sp³-hybridized carbons (Fsp3) is 0.192. The van der Waals surface area contributed by atoms with Crippen LogP contribution in [-0.4, -0.2) is 23.5 Å². The first-order chi connectivity index (χ1) is 15.0. The third kappa shape index (κ3) is 6.90. The molecular formula is C26H24ClNO3. The summed E-state index contributed by atoms with van der Waals surface area (Å²) in [6, 6.07) is 25.7. The normalized spacial score (nSPS) is 11.4. The van der Waals surface area contributed by atoms with Crippen molar-refractivity contribution in [3.63, 3.8) is 0 Å². The van der Waals surface area contributed by atoms with Crippen LogP contribution in [0.5, 0.6) is 0 Å². The number of hydrogen-bond donors (Lipinski definition) is 0. The van der Waals surface area contributed by atoms with E-state index in [-0.39, 0.29) is 25.2 Å². The molecule has 31 heavy (non-hydrogen) atoms. The van der Waals surface area contributed by atoms with Crippen molar-refractivity contribution >= 4 is 29.1 Å². The summed E-state index contributed by atoms with van der Waals surface area (Å²) in [5, 5.41) is 0.620. The van der Waals surface area contributed by atoms with Crippen LogP contribution in [0.25, 0.3) is 0 Å². The summed E-state index contributed by atoms with van der Waals surface area (Å²) in [5.74, 6) is -0.452. The molecule has 0 fully saturated rings. The number of rotatable bonds is 9. The minimum absolute atomic E-state index is 0.00618. The second-order valence-corrected chi connectivity index (χ2v) is 7.64. The number of aliphatic imine (C=N–C) groups is 1. The van der Waals surface area contributed by atoms with Crippen LogP contribution in [0.15, 0.2) is 89.9 Å². The topological polar surface area (TPSA) is 55.7 Å². The van der Waals surface area contributed by atoms with E-state index in [1.807, 2.05) is 72.8 Å². The molecule has 0 aliphatic rings. The molecule has 158 valence electrons. The van der Waals surface area contributed by atoms with Crippen molar-refractivity contribution in [2.75, 3.05) is 0 Å². The van der Waals surface area contributed by atoms with Crippen LogP contribution in [0.2, 0.25) is 5.02 Å². The molecule has 0 saturated heterocycles. The SMILES string of the molecule is CC(=O)CC[C@H](N=C(c1ccccc1)c1ccccc1)C(=O)OCc1ccc(Cl)cc1. The number of ketones is 1. The van der Waals surface area contributed by atoms with Crippen LogP contribution in [0, 0.1) is 0 Å². The van der Waals surface area contributed by atoms with E-state index in [1.165, 1.54) is 6.92 Å². The maximum Gasteiger partial charge on any atom is 0.331 e. The molecule has 0 aliphatic carbocycles. The summed E-state index contributed by atoms with van der Waals surface area (Å²) in [5.41, 5.74) is 3.32. The van der Waals surface area contributed by atoms with Crippen LogP contribution < -0.4 is 0 Å². The first kappa shape index (κ1) is 22.4. The zero-order valence-electron chi connectivity index (χ0n) is 17.3. The molecule has 5 heteroatoms. The summed E-state index contributed by atoms with van der Waals surface area (Å²) < 4.78 is 5.53. The highest BCUT2D eigenvalue weighted by molar-refractivity contribution is 6.30. The molecule has 3 aromatic carbocycles. The molecule has 3 rings (SSSR count). The van der Waals surface area contributed by atoms with E-state index in [1.54, 1.807) is 12.1 Å². The van der Waals surface area contributed by atoms with Crippen molar-refractivity contribution in [1.82, 2.24) is 0 Å². The van der Waals surface area contributed by atoms with Gasteiger partial charge in [0.25, 0.3) is 0 Å². The number of ether oxygens (including phenoxy) is 1. The van der Waals surface area contributed by atoms with Crippen LogP contribution >= 0.6 is 11.6 Å². The molecule has 0 spiro atoms. The lowest BCUT2D eigenvalue weighted by Gasteiger charge is -2.15. The summed E-state index contributed by atoms with van der Waals surface area (Å²) in [6.45, 7) is 1.63. The maximum atomic E-state index is 12.9. The molecule has 0 heterocycles. The van der Waals surface area contributed by atoms with Gasteiger partial charge in [-0.1, -0.05) is 84.4 Å². The molecule has 0 radical (unpaired) electrons. The van der Waals surface area contributed by atoms with E-state index in [0.717, 1.165) is 16.7 Å². The summed E-state index contributed by atoms with van der Waals surface area (Å²) >= 11 is 5.91. The third-order valence-electron chi connectivity index (χ3n) is 4.72. The van der Waals surface area contributed by atoms with Crippen LogP contribution in [-0.2, 0) is 20.9 Å². The molecule has 0 amide bonds. The summed E-state index contributed by atoms with van der Waals surface area (Å²) in [4.78, 5) is 29.3. The molecule has 0 N–H and O–H groups in total. The van der Waals surface area contributed by atoms with Gasteiger partial charge in [0.05, 0.1) is 5.71 Å². The molecule has 0 saturated carbocycles. The highest BCUT2D eigenvalue weighted by Gasteiger charge is 2.22. The molecule has 1 atom stereocenters. The van der Waals surface area contributed by atoms with E-state index in [0.29, 0.717) is 10.7 Å². The Bertz CT molecular complexity index is 990. The van der Waals surface area contributed by atoms with Gasteiger partial charge in [0.2, 0.25) is 0 Å². The second-order valence-electron chi connectivity index (χ2n) is 7.20. The van der Waals surface area contributed by atoms with E-state index >= 15 is 0 Å². The highest BCUT2D eigenvalue weighted by atomic mass is 35.5. The summed E-state index contributed by atoms with van der Waals surface area (Å²) in [6.07, 6.45) is 0.541. The number of carbonyl (C=O) groups excluding carboxylic acids is 2. The second kappa shape index (κ2) is 11.2. The van der Waals surface area contributed by atoms with Crippen molar-refractivity contribution < 1.29 is 14.3 Å². The quantitative estimate of drug-likeness (QED) is 0.323. The number of carbonyl (C=O) groups is 2. The Morgan fingerprint density at radius 3 is 1.94 bits per heavy atom. The monoisotopic (exact) mass is 433 g/mol. The zero-order valence-corrected chi connectivity index (χ0v) is 18.1. The molecule has 3 aromatic rings. The number of Topliss-reactive ketones (excluding diaryl/α,β-unsaturated/α-hetero) is 1. The minimum Gasteiger partial charge on any atom is -0.459 e. The van der Waals surface area contributed by atoms with Gasteiger partial charge in [0, 0.05) is 22.6 Å². The predicted molar refractivity (Wildman–Crippen MR) is 123 cm³/mol. The first-order valence-corrected chi connectivity index (χ1v) is 10.5. The Hall–Kier alpha value is -3.24. The van der Waals surface area contributed by atoms with Crippen molar-refractivity contribution in [3.05, 3.63) is 107 Å². The fourth-order valence-electron chi connectivity index (χ4n) is 3.07. The molecule has 0 unspecified atom stereocenters. The summed E-state index contributed by atoms with van der Waals surface area (Å²) in [7, 11) is 0. The van der Waals surface area contributed by atoms with E-state index < -0.39 is 12.0 Å². The van der Waals surface area contributed by atoms with Gasteiger partial charge in [0.15, 0.2) is 0 Å². The Kier molecular flexibility index (Phi) is 8.13. The minimum atomic E-state index is -0.786. The van der Waals surface area contributed by atoms with Gasteiger partial charge in [-0.3, -0.25) is 4.99 Å². The van der Waals surface area contributed by atoms with Gasteiger partial charge in [-0.15, -0.1) is 0 Å². The number of halogens is 1. The Labute approximate surface area is 187 Å². The zero-order chi connectivity index (χ0) is 22.1. The van der Waals surface area contributed by atoms with Crippen molar-refractivity contribution in [1.29, 1.82) is 0 Å². The number of nitrogens with zero attached hydrogens (tertiary/aromatic N) is 1. The third-order valence-corrected chi connectivity index (χ3v) is 4.97. The van der Waals surface area contributed by atoms with Gasteiger partial charge < -0.3 is 9.53 Å². The average molecular weight is 434 g/mol. The van der Waals surface area contributed by atoms with E-state index in [2.05, 4.69) is 0 Å². The van der Waals surface area contributed by atoms with E-state index in [9.17, 15) is 9.59 Å². The van der Waals surface area contributed by atoms with Crippen LogP contribution in [0.4, 0.5) is 0 Å². The molecule has 0 aliphatic heterocycles. The van der Waals surface area contributed by atoms with Gasteiger partial charge >= 0.3 is 5.97 Å². The molecule has 0 bridgehead atoms.